The second kappa shape index (κ2) is 5.82. The van der Waals surface area contributed by atoms with Gasteiger partial charge in [-0.25, -0.2) is 9.24 Å². The van der Waals surface area contributed by atoms with E-state index in [-0.39, 0.29) is 5.82 Å². The van der Waals surface area contributed by atoms with Crippen LogP contribution in [0.15, 0.2) is 54.7 Å². The number of hydrogen-bond donors (Lipinski definition) is 0. The third-order valence-electron chi connectivity index (χ3n) is 4.21. The van der Waals surface area contributed by atoms with Gasteiger partial charge in [-0.3, -0.25) is 4.68 Å². The minimum Gasteiger partial charge on any atom is -0.362 e. The molecule has 1 aliphatic rings. The van der Waals surface area contributed by atoms with Gasteiger partial charge in [0, 0.05) is 24.0 Å². The normalized spacial score (nSPS) is 12.9. The number of anilines is 1. The number of hydrogen-bond acceptors (Lipinski definition) is 2. The quantitative estimate of drug-likeness (QED) is 0.678. The predicted molar refractivity (Wildman–Crippen MR) is 90.3 cm³/mol. The molecular formula is C19H15FN4. The molecule has 0 N–H and O–H groups in total. The van der Waals surface area contributed by atoms with E-state index in [4.69, 9.17) is 6.57 Å². The SMILES string of the molecule is [C-]#[N+]c1cccc(N2Cc3cn(Cc4ccc(F)cc4)nc3C2)c1. The van der Waals surface area contributed by atoms with E-state index in [0.29, 0.717) is 12.2 Å². The van der Waals surface area contributed by atoms with E-state index < -0.39 is 0 Å². The first-order valence-electron chi connectivity index (χ1n) is 7.73. The highest BCUT2D eigenvalue weighted by atomic mass is 19.1. The van der Waals surface area contributed by atoms with Gasteiger partial charge in [-0.05, 0) is 29.8 Å². The van der Waals surface area contributed by atoms with Crippen molar-refractivity contribution in [2.45, 2.75) is 19.6 Å². The monoisotopic (exact) mass is 318 g/mol. The Bertz CT molecular complexity index is 898. The van der Waals surface area contributed by atoms with Gasteiger partial charge in [0.2, 0.25) is 0 Å². The van der Waals surface area contributed by atoms with Gasteiger partial charge in [-0.2, -0.15) is 5.10 Å². The fourth-order valence-corrected chi connectivity index (χ4v) is 3.01. The number of nitrogens with zero attached hydrogens (tertiary/aromatic N) is 4. The topological polar surface area (TPSA) is 25.4 Å². The molecule has 5 heteroatoms. The number of aromatic nitrogens is 2. The lowest BCUT2D eigenvalue weighted by molar-refractivity contribution is 0.623. The van der Waals surface area contributed by atoms with Crippen LogP contribution in [0, 0.1) is 12.4 Å². The molecule has 0 amide bonds. The highest BCUT2D eigenvalue weighted by Gasteiger charge is 2.23. The molecule has 1 aromatic heterocycles. The Balaban J connectivity index is 1.49. The molecule has 4 nitrogen and oxygen atoms in total. The van der Waals surface area contributed by atoms with E-state index in [0.717, 1.165) is 30.0 Å². The molecule has 0 aliphatic carbocycles. The summed E-state index contributed by atoms with van der Waals surface area (Å²) in [5, 5.41) is 4.65. The summed E-state index contributed by atoms with van der Waals surface area (Å²) in [6.07, 6.45) is 2.05. The number of benzene rings is 2. The van der Waals surface area contributed by atoms with Crippen molar-refractivity contribution in [3.8, 4) is 0 Å². The zero-order valence-electron chi connectivity index (χ0n) is 13.0. The average molecular weight is 318 g/mol. The van der Waals surface area contributed by atoms with Crippen LogP contribution >= 0.6 is 0 Å². The van der Waals surface area contributed by atoms with Crippen LogP contribution in [0.25, 0.3) is 4.85 Å². The maximum atomic E-state index is 13.0. The van der Waals surface area contributed by atoms with E-state index in [1.54, 1.807) is 12.1 Å². The molecule has 0 atom stereocenters. The van der Waals surface area contributed by atoms with E-state index in [2.05, 4.69) is 21.0 Å². The summed E-state index contributed by atoms with van der Waals surface area (Å²) in [6, 6.07) is 14.2. The first-order chi connectivity index (χ1) is 11.7. The molecule has 0 spiro atoms. The Morgan fingerprint density at radius 2 is 1.96 bits per heavy atom. The molecule has 2 aromatic carbocycles. The Hall–Kier alpha value is -3.13. The maximum absolute atomic E-state index is 13.0. The van der Waals surface area contributed by atoms with Gasteiger partial charge in [0.25, 0.3) is 0 Å². The van der Waals surface area contributed by atoms with Crippen molar-refractivity contribution in [2.75, 3.05) is 4.90 Å². The van der Waals surface area contributed by atoms with Crippen LogP contribution < -0.4 is 4.90 Å². The highest BCUT2D eigenvalue weighted by molar-refractivity contribution is 5.60. The minimum atomic E-state index is -0.223. The van der Waals surface area contributed by atoms with Crippen molar-refractivity contribution in [2.24, 2.45) is 0 Å². The van der Waals surface area contributed by atoms with Gasteiger partial charge >= 0.3 is 0 Å². The molecule has 0 saturated carbocycles. The summed E-state index contributed by atoms with van der Waals surface area (Å²) >= 11 is 0. The van der Waals surface area contributed by atoms with Crippen LogP contribution in [-0.4, -0.2) is 9.78 Å². The van der Waals surface area contributed by atoms with E-state index in [1.165, 1.54) is 17.7 Å². The lowest BCUT2D eigenvalue weighted by Gasteiger charge is -2.18. The van der Waals surface area contributed by atoms with Crippen LogP contribution in [0.4, 0.5) is 15.8 Å². The van der Waals surface area contributed by atoms with E-state index >= 15 is 0 Å². The van der Waals surface area contributed by atoms with Gasteiger partial charge in [-0.1, -0.05) is 24.3 Å². The summed E-state index contributed by atoms with van der Waals surface area (Å²) in [6.45, 7) is 9.30. The zero-order valence-corrected chi connectivity index (χ0v) is 13.0. The molecule has 118 valence electrons. The lowest BCUT2D eigenvalue weighted by Crippen LogP contribution is -2.16. The van der Waals surface area contributed by atoms with Crippen molar-refractivity contribution in [3.63, 3.8) is 0 Å². The van der Waals surface area contributed by atoms with Gasteiger partial charge in [0.15, 0.2) is 5.69 Å². The fourth-order valence-electron chi connectivity index (χ4n) is 3.01. The fraction of sp³-hybridized carbons (Fsp3) is 0.158. The standard InChI is InChI=1S/C19H15FN4/c1-21-17-3-2-4-18(9-17)23-11-15-12-24(22-19(15)13-23)10-14-5-7-16(20)8-6-14/h2-9,12H,10-11,13H2. The summed E-state index contributed by atoms with van der Waals surface area (Å²) < 4.78 is 14.9. The summed E-state index contributed by atoms with van der Waals surface area (Å²) in [7, 11) is 0. The van der Waals surface area contributed by atoms with Crippen molar-refractivity contribution in [1.82, 2.24) is 9.78 Å². The smallest absolute Gasteiger partial charge is 0.189 e. The molecule has 2 heterocycles. The molecule has 4 rings (SSSR count). The summed E-state index contributed by atoms with van der Waals surface area (Å²) in [4.78, 5) is 5.70. The van der Waals surface area contributed by atoms with Crippen LogP contribution in [-0.2, 0) is 19.6 Å². The Morgan fingerprint density at radius 3 is 2.71 bits per heavy atom. The molecular weight excluding hydrogens is 303 g/mol. The zero-order chi connectivity index (χ0) is 16.5. The summed E-state index contributed by atoms with van der Waals surface area (Å²) in [5.41, 5.74) is 4.99. The summed E-state index contributed by atoms with van der Waals surface area (Å²) in [5.74, 6) is -0.223. The van der Waals surface area contributed by atoms with Crippen LogP contribution in [0.1, 0.15) is 16.8 Å². The van der Waals surface area contributed by atoms with E-state index in [9.17, 15) is 4.39 Å². The largest absolute Gasteiger partial charge is 0.362 e. The predicted octanol–water partition coefficient (Wildman–Crippen LogP) is 4.14. The third-order valence-corrected chi connectivity index (χ3v) is 4.21. The Morgan fingerprint density at radius 1 is 1.12 bits per heavy atom. The van der Waals surface area contributed by atoms with Gasteiger partial charge in [0.1, 0.15) is 5.82 Å². The van der Waals surface area contributed by atoms with Crippen LogP contribution in [0.5, 0.6) is 0 Å². The first kappa shape index (κ1) is 14.5. The van der Waals surface area contributed by atoms with Crippen molar-refractivity contribution in [1.29, 1.82) is 0 Å². The van der Waals surface area contributed by atoms with Gasteiger partial charge < -0.3 is 4.90 Å². The van der Waals surface area contributed by atoms with E-state index in [1.807, 2.05) is 28.9 Å². The number of rotatable bonds is 3. The lowest BCUT2D eigenvalue weighted by atomic mass is 10.2. The molecule has 0 saturated heterocycles. The molecule has 0 fully saturated rings. The molecule has 24 heavy (non-hydrogen) atoms. The Kier molecular flexibility index (Phi) is 3.51. The van der Waals surface area contributed by atoms with Crippen molar-refractivity contribution < 1.29 is 4.39 Å². The maximum Gasteiger partial charge on any atom is 0.189 e. The number of fused-ring (bicyclic) bond motifs is 1. The molecule has 0 unspecified atom stereocenters. The van der Waals surface area contributed by atoms with Crippen molar-refractivity contribution >= 4 is 11.4 Å². The first-order valence-corrected chi connectivity index (χ1v) is 7.73. The van der Waals surface area contributed by atoms with Crippen molar-refractivity contribution in [3.05, 3.63) is 88.8 Å². The highest BCUT2D eigenvalue weighted by Crippen LogP contribution is 2.29. The molecule has 0 bridgehead atoms. The van der Waals surface area contributed by atoms with Gasteiger partial charge in [-0.15, -0.1) is 0 Å². The third kappa shape index (κ3) is 2.74. The average Bonchev–Trinajstić information content (AvgIpc) is 3.15. The molecule has 0 radical (unpaired) electrons. The Labute approximate surface area is 139 Å². The molecule has 3 aromatic rings. The second-order valence-corrected chi connectivity index (χ2v) is 5.91. The number of halogens is 1. The molecule has 1 aliphatic heterocycles. The second-order valence-electron chi connectivity index (χ2n) is 5.91. The van der Waals surface area contributed by atoms with Gasteiger partial charge in [0.05, 0.1) is 25.4 Å². The van der Waals surface area contributed by atoms with Crippen LogP contribution in [0.2, 0.25) is 0 Å². The minimum absolute atomic E-state index is 0.223. The van der Waals surface area contributed by atoms with Crippen LogP contribution in [0.3, 0.4) is 0 Å².